The molecule has 1 rings (SSSR count). The van der Waals surface area contributed by atoms with Gasteiger partial charge < -0.3 is 9.47 Å². The standard InChI is InChI=1S/C17H24O4/c1-11(2)10-21-17-13(4)8-12(3)9-14(17)15(18)6-7-16(19)20-5/h8-9,11H,6-7,10H2,1-5H3. The summed E-state index contributed by atoms with van der Waals surface area (Å²) in [5.41, 5.74) is 2.50. The highest BCUT2D eigenvalue weighted by Crippen LogP contribution is 2.27. The van der Waals surface area contributed by atoms with Crippen LogP contribution >= 0.6 is 0 Å². The third kappa shape index (κ3) is 5.21. The van der Waals surface area contributed by atoms with Crippen LogP contribution in [0.3, 0.4) is 0 Å². The van der Waals surface area contributed by atoms with Crippen LogP contribution in [-0.2, 0) is 9.53 Å². The molecule has 0 N–H and O–H groups in total. The third-order valence-corrected chi connectivity index (χ3v) is 3.06. The minimum absolute atomic E-state index is 0.0892. The van der Waals surface area contributed by atoms with Crippen LogP contribution in [0.1, 0.15) is 48.2 Å². The molecule has 1 aromatic carbocycles. The summed E-state index contributed by atoms with van der Waals surface area (Å²) in [7, 11) is 1.32. The van der Waals surface area contributed by atoms with Crippen LogP contribution in [0.5, 0.6) is 5.75 Å². The molecule has 0 fully saturated rings. The SMILES string of the molecule is COC(=O)CCC(=O)c1cc(C)cc(C)c1OCC(C)C. The van der Waals surface area contributed by atoms with Crippen LogP contribution in [0.4, 0.5) is 0 Å². The molecule has 0 aliphatic rings. The topological polar surface area (TPSA) is 52.6 Å². The van der Waals surface area contributed by atoms with Crippen molar-refractivity contribution >= 4 is 11.8 Å². The Hall–Kier alpha value is -1.84. The van der Waals surface area contributed by atoms with Gasteiger partial charge in [0.2, 0.25) is 0 Å². The van der Waals surface area contributed by atoms with Gasteiger partial charge in [0.25, 0.3) is 0 Å². The fourth-order valence-electron chi connectivity index (χ4n) is 2.06. The van der Waals surface area contributed by atoms with Crippen LogP contribution in [0.2, 0.25) is 0 Å². The average molecular weight is 292 g/mol. The van der Waals surface area contributed by atoms with E-state index in [-0.39, 0.29) is 24.6 Å². The van der Waals surface area contributed by atoms with Crippen molar-refractivity contribution in [3.05, 3.63) is 28.8 Å². The van der Waals surface area contributed by atoms with Crippen molar-refractivity contribution < 1.29 is 19.1 Å². The molecule has 0 aromatic heterocycles. The van der Waals surface area contributed by atoms with E-state index >= 15 is 0 Å². The molecule has 0 unspecified atom stereocenters. The molecule has 0 saturated carbocycles. The molecule has 0 spiro atoms. The van der Waals surface area contributed by atoms with Crippen LogP contribution in [0.15, 0.2) is 12.1 Å². The molecule has 0 atom stereocenters. The van der Waals surface area contributed by atoms with Crippen molar-refractivity contribution in [3.8, 4) is 5.75 Å². The van der Waals surface area contributed by atoms with Gasteiger partial charge in [-0.2, -0.15) is 0 Å². The molecule has 1 aromatic rings. The number of ketones is 1. The Morgan fingerprint density at radius 2 is 1.81 bits per heavy atom. The number of Topliss-reactive ketones (excluding diaryl/α,β-unsaturated/α-hetero) is 1. The number of methoxy groups -OCH3 is 1. The molecule has 0 saturated heterocycles. The largest absolute Gasteiger partial charge is 0.492 e. The highest BCUT2D eigenvalue weighted by Gasteiger charge is 2.17. The fourth-order valence-corrected chi connectivity index (χ4v) is 2.06. The lowest BCUT2D eigenvalue weighted by Gasteiger charge is -2.16. The summed E-state index contributed by atoms with van der Waals surface area (Å²) in [5.74, 6) is 0.538. The van der Waals surface area contributed by atoms with Gasteiger partial charge >= 0.3 is 5.97 Å². The van der Waals surface area contributed by atoms with Gasteiger partial charge in [0.15, 0.2) is 5.78 Å². The Labute approximate surface area is 126 Å². The number of benzene rings is 1. The van der Waals surface area contributed by atoms with E-state index in [9.17, 15) is 9.59 Å². The number of esters is 1. The van der Waals surface area contributed by atoms with Crippen LogP contribution in [-0.4, -0.2) is 25.5 Å². The van der Waals surface area contributed by atoms with Crippen molar-refractivity contribution in [3.63, 3.8) is 0 Å². The van der Waals surface area contributed by atoms with Gasteiger partial charge in [0.1, 0.15) is 5.75 Å². The predicted molar refractivity (Wildman–Crippen MR) is 81.8 cm³/mol. The first-order chi connectivity index (χ1) is 9.85. The Kier molecular flexibility index (Phi) is 6.40. The molecule has 116 valence electrons. The molecule has 21 heavy (non-hydrogen) atoms. The molecule has 0 radical (unpaired) electrons. The Morgan fingerprint density at radius 1 is 1.14 bits per heavy atom. The predicted octanol–water partition coefficient (Wildman–Crippen LogP) is 3.47. The first-order valence-corrected chi connectivity index (χ1v) is 7.19. The van der Waals surface area contributed by atoms with Crippen LogP contribution in [0, 0.1) is 19.8 Å². The molecule has 0 heterocycles. The van der Waals surface area contributed by atoms with Crippen LogP contribution in [0.25, 0.3) is 0 Å². The van der Waals surface area contributed by atoms with Crippen molar-refractivity contribution in [2.75, 3.05) is 13.7 Å². The lowest BCUT2D eigenvalue weighted by Crippen LogP contribution is -2.12. The summed E-state index contributed by atoms with van der Waals surface area (Å²) in [4.78, 5) is 23.5. The summed E-state index contributed by atoms with van der Waals surface area (Å²) in [6.45, 7) is 8.54. The Morgan fingerprint density at radius 3 is 2.38 bits per heavy atom. The molecule has 0 aliphatic carbocycles. The third-order valence-electron chi connectivity index (χ3n) is 3.06. The van der Waals surface area contributed by atoms with E-state index in [2.05, 4.69) is 18.6 Å². The summed E-state index contributed by atoms with van der Waals surface area (Å²) in [6.07, 6.45) is 0.222. The number of hydrogen-bond acceptors (Lipinski definition) is 4. The van der Waals surface area contributed by atoms with Crippen molar-refractivity contribution in [2.24, 2.45) is 5.92 Å². The average Bonchev–Trinajstić information content (AvgIpc) is 2.42. The Bertz CT molecular complexity index is 518. The quantitative estimate of drug-likeness (QED) is 0.570. The van der Waals surface area contributed by atoms with Gasteiger partial charge in [-0.15, -0.1) is 0 Å². The molecular weight excluding hydrogens is 268 g/mol. The highest BCUT2D eigenvalue weighted by atomic mass is 16.5. The fraction of sp³-hybridized carbons (Fsp3) is 0.529. The minimum Gasteiger partial charge on any atom is -0.492 e. The van der Waals surface area contributed by atoms with Crippen molar-refractivity contribution in [1.82, 2.24) is 0 Å². The zero-order valence-electron chi connectivity index (χ0n) is 13.5. The van der Waals surface area contributed by atoms with Gasteiger partial charge in [0.05, 0.1) is 25.7 Å². The van der Waals surface area contributed by atoms with E-state index in [4.69, 9.17) is 4.74 Å². The maximum Gasteiger partial charge on any atom is 0.305 e. The monoisotopic (exact) mass is 292 g/mol. The maximum atomic E-state index is 12.3. The molecule has 4 heteroatoms. The van der Waals surface area contributed by atoms with E-state index in [0.29, 0.717) is 23.8 Å². The molecular formula is C17H24O4. The Balaban J connectivity index is 2.97. The van der Waals surface area contributed by atoms with Crippen LogP contribution < -0.4 is 4.74 Å². The summed E-state index contributed by atoms with van der Waals surface area (Å²) in [6, 6.07) is 3.81. The van der Waals surface area contributed by atoms with Crippen molar-refractivity contribution in [2.45, 2.75) is 40.5 Å². The van der Waals surface area contributed by atoms with E-state index < -0.39 is 0 Å². The van der Waals surface area contributed by atoms with E-state index in [1.165, 1.54) is 7.11 Å². The lowest BCUT2D eigenvalue weighted by molar-refractivity contribution is -0.140. The zero-order valence-corrected chi connectivity index (χ0v) is 13.5. The van der Waals surface area contributed by atoms with E-state index in [1.54, 1.807) is 0 Å². The minimum atomic E-state index is -0.377. The second-order valence-electron chi connectivity index (χ2n) is 5.66. The highest BCUT2D eigenvalue weighted by molar-refractivity contribution is 6.00. The van der Waals surface area contributed by atoms with Gasteiger partial charge in [-0.25, -0.2) is 0 Å². The molecule has 4 nitrogen and oxygen atoms in total. The second kappa shape index (κ2) is 7.81. The number of ether oxygens (including phenoxy) is 2. The number of rotatable bonds is 7. The number of carbonyl (C=O) groups is 2. The van der Waals surface area contributed by atoms with E-state index in [0.717, 1.165) is 11.1 Å². The zero-order chi connectivity index (χ0) is 16.0. The second-order valence-corrected chi connectivity index (χ2v) is 5.66. The summed E-state index contributed by atoms with van der Waals surface area (Å²) >= 11 is 0. The lowest BCUT2D eigenvalue weighted by atomic mass is 9.99. The van der Waals surface area contributed by atoms with Gasteiger partial charge in [-0.3, -0.25) is 9.59 Å². The molecule has 0 amide bonds. The number of carbonyl (C=O) groups excluding carboxylic acids is 2. The van der Waals surface area contributed by atoms with E-state index in [1.807, 2.05) is 26.0 Å². The van der Waals surface area contributed by atoms with Crippen molar-refractivity contribution in [1.29, 1.82) is 0 Å². The number of hydrogen-bond donors (Lipinski definition) is 0. The first kappa shape index (κ1) is 17.2. The molecule has 0 bridgehead atoms. The number of aryl methyl sites for hydroxylation is 2. The first-order valence-electron chi connectivity index (χ1n) is 7.19. The normalized spacial score (nSPS) is 10.6. The van der Waals surface area contributed by atoms with Gasteiger partial charge in [-0.05, 0) is 37.0 Å². The van der Waals surface area contributed by atoms with Gasteiger partial charge in [0, 0.05) is 6.42 Å². The van der Waals surface area contributed by atoms with Gasteiger partial charge in [-0.1, -0.05) is 19.9 Å². The maximum absolute atomic E-state index is 12.3. The smallest absolute Gasteiger partial charge is 0.305 e. The molecule has 0 aliphatic heterocycles. The summed E-state index contributed by atoms with van der Waals surface area (Å²) in [5, 5.41) is 0. The summed E-state index contributed by atoms with van der Waals surface area (Å²) < 4.78 is 10.4.